The number of nitrogens with zero attached hydrogens (tertiary/aromatic N) is 2. The van der Waals surface area contributed by atoms with Gasteiger partial charge in [-0.2, -0.15) is 0 Å². The van der Waals surface area contributed by atoms with Crippen molar-refractivity contribution in [3.63, 3.8) is 0 Å². The van der Waals surface area contributed by atoms with Crippen LogP contribution >= 0.6 is 0 Å². The van der Waals surface area contributed by atoms with Crippen molar-refractivity contribution in [2.24, 2.45) is 0 Å². The van der Waals surface area contributed by atoms with Gasteiger partial charge < -0.3 is 0 Å². The lowest BCUT2D eigenvalue weighted by molar-refractivity contribution is -0.418. The maximum Gasteiger partial charge on any atom is 0.289 e. The standard InChI is InChI=1S/C4H3N2O2/c7-6(8)4-1-2-5-3-4/h1-3H. The average Bonchev–Trinajstić information content (AvgIpc) is 2.12. The van der Waals surface area contributed by atoms with Gasteiger partial charge in [-0.1, -0.05) is 0 Å². The Morgan fingerprint density at radius 1 is 1.75 bits per heavy atom. The molecule has 0 amide bonds. The first-order chi connectivity index (χ1) is 3.80. The SMILES string of the molecule is O=[N+]([O-])C1=C[N]C=C1. The molecule has 4 heteroatoms. The van der Waals surface area contributed by atoms with E-state index in [0.717, 1.165) is 0 Å². The van der Waals surface area contributed by atoms with Crippen molar-refractivity contribution < 1.29 is 4.92 Å². The lowest BCUT2D eigenvalue weighted by atomic mass is 10.5. The van der Waals surface area contributed by atoms with E-state index in [-0.39, 0.29) is 5.70 Å². The van der Waals surface area contributed by atoms with E-state index in [0.29, 0.717) is 0 Å². The highest BCUT2D eigenvalue weighted by Crippen LogP contribution is 2.00. The molecule has 0 saturated carbocycles. The van der Waals surface area contributed by atoms with E-state index in [1.165, 1.54) is 18.5 Å². The predicted molar refractivity (Wildman–Crippen MR) is 26.4 cm³/mol. The van der Waals surface area contributed by atoms with E-state index < -0.39 is 4.92 Å². The van der Waals surface area contributed by atoms with Gasteiger partial charge in [0.15, 0.2) is 0 Å². The minimum Gasteiger partial charge on any atom is -0.258 e. The lowest BCUT2D eigenvalue weighted by Crippen LogP contribution is -1.92. The summed E-state index contributed by atoms with van der Waals surface area (Å²) in [5, 5.41) is 13.3. The maximum atomic E-state index is 9.83. The van der Waals surface area contributed by atoms with Gasteiger partial charge in [0.05, 0.1) is 4.92 Å². The minimum atomic E-state index is -0.479. The Morgan fingerprint density at radius 2 is 2.50 bits per heavy atom. The molecule has 1 aliphatic rings. The molecule has 0 fully saturated rings. The molecule has 0 spiro atoms. The number of nitro groups is 1. The van der Waals surface area contributed by atoms with E-state index in [2.05, 4.69) is 5.32 Å². The molecule has 0 aromatic rings. The summed E-state index contributed by atoms with van der Waals surface area (Å²) >= 11 is 0. The van der Waals surface area contributed by atoms with Crippen LogP contribution in [0.15, 0.2) is 24.2 Å². The lowest BCUT2D eigenvalue weighted by Gasteiger charge is -1.79. The van der Waals surface area contributed by atoms with Crippen molar-refractivity contribution >= 4 is 0 Å². The first-order valence-corrected chi connectivity index (χ1v) is 2.02. The second-order valence-electron chi connectivity index (χ2n) is 1.28. The molecule has 1 rings (SSSR count). The molecule has 4 nitrogen and oxygen atoms in total. The van der Waals surface area contributed by atoms with Gasteiger partial charge in [-0.3, -0.25) is 15.4 Å². The summed E-state index contributed by atoms with van der Waals surface area (Å²) < 4.78 is 0. The maximum absolute atomic E-state index is 9.83. The highest BCUT2D eigenvalue weighted by atomic mass is 16.6. The van der Waals surface area contributed by atoms with Crippen LogP contribution in [0.5, 0.6) is 0 Å². The monoisotopic (exact) mass is 111 g/mol. The number of rotatable bonds is 1. The summed E-state index contributed by atoms with van der Waals surface area (Å²) in [4.78, 5) is 9.35. The van der Waals surface area contributed by atoms with Crippen molar-refractivity contribution in [3.8, 4) is 0 Å². The van der Waals surface area contributed by atoms with Crippen LogP contribution < -0.4 is 5.32 Å². The Kier molecular flexibility index (Phi) is 0.997. The fourth-order valence-electron chi connectivity index (χ4n) is 0.390. The summed E-state index contributed by atoms with van der Waals surface area (Å²) in [6.45, 7) is 0. The third-order valence-electron chi connectivity index (χ3n) is 0.749. The molecule has 41 valence electrons. The molecule has 0 aromatic carbocycles. The Hall–Kier alpha value is -1.32. The van der Waals surface area contributed by atoms with Gasteiger partial charge in [0.2, 0.25) is 0 Å². The topological polar surface area (TPSA) is 57.2 Å². The van der Waals surface area contributed by atoms with Gasteiger partial charge in [0, 0.05) is 12.3 Å². The molecule has 0 bridgehead atoms. The van der Waals surface area contributed by atoms with Crippen LogP contribution in [-0.2, 0) is 0 Å². The smallest absolute Gasteiger partial charge is 0.258 e. The number of hydrogen-bond donors (Lipinski definition) is 0. The second-order valence-corrected chi connectivity index (χ2v) is 1.28. The Morgan fingerprint density at radius 3 is 2.75 bits per heavy atom. The van der Waals surface area contributed by atoms with Crippen LogP contribution in [0.3, 0.4) is 0 Å². The van der Waals surface area contributed by atoms with Crippen LogP contribution in [0.1, 0.15) is 0 Å². The van der Waals surface area contributed by atoms with Gasteiger partial charge in [0.25, 0.3) is 5.70 Å². The van der Waals surface area contributed by atoms with Crippen LogP contribution in [-0.4, -0.2) is 4.92 Å². The molecule has 0 unspecified atom stereocenters. The summed E-state index contributed by atoms with van der Waals surface area (Å²) in [7, 11) is 0. The van der Waals surface area contributed by atoms with Crippen LogP contribution in [0, 0.1) is 10.1 Å². The van der Waals surface area contributed by atoms with Crippen LogP contribution in [0.25, 0.3) is 0 Å². The molecule has 0 saturated heterocycles. The molecule has 0 aromatic heterocycles. The van der Waals surface area contributed by atoms with Crippen LogP contribution in [0.2, 0.25) is 0 Å². The molecular formula is C4H3N2O2. The van der Waals surface area contributed by atoms with Gasteiger partial charge >= 0.3 is 0 Å². The average molecular weight is 111 g/mol. The van der Waals surface area contributed by atoms with Crippen LogP contribution in [0.4, 0.5) is 0 Å². The molecule has 8 heavy (non-hydrogen) atoms. The molecule has 0 aliphatic carbocycles. The fourth-order valence-corrected chi connectivity index (χ4v) is 0.390. The zero-order chi connectivity index (χ0) is 5.98. The third kappa shape index (κ3) is 0.676. The molecular weight excluding hydrogens is 108 g/mol. The highest BCUT2D eigenvalue weighted by Gasteiger charge is 2.08. The van der Waals surface area contributed by atoms with Crippen molar-refractivity contribution in [3.05, 3.63) is 34.3 Å². The van der Waals surface area contributed by atoms with E-state index >= 15 is 0 Å². The minimum absolute atomic E-state index is 0.0463. The predicted octanol–water partition coefficient (Wildman–Crippen LogP) is 0.236. The van der Waals surface area contributed by atoms with E-state index in [1.807, 2.05) is 0 Å². The zero-order valence-electron chi connectivity index (χ0n) is 3.94. The number of allylic oxidation sites excluding steroid dienone is 1. The summed E-state index contributed by atoms with van der Waals surface area (Å²) in [5.41, 5.74) is 0.0463. The van der Waals surface area contributed by atoms with E-state index in [9.17, 15) is 10.1 Å². The van der Waals surface area contributed by atoms with Gasteiger partial charge in [0.1, 0.15) is 6.20 Å². The second kappa shape index (κ2) is 1.65. The molecule has 1 heterocycles. The quantitative estimate of drug-likeness (QED) is 0.359. The normalized spacial score (nSPS) is 15.2. The molecule has 0 atom stereocenters. The van der Waals surface area contributed by atoms with Gasteiger partial charge in [-0.05, 0) is 0 Å². The first kappa shape index (κ1) is 4.83. The number of hydrogen-bond acceptors (Lipinski definition) is 2. The van der Waals surface area contributed by atoms with Gasteiger partial charge in [-0.25, -0.2) is 0 Å². The third-order valence-corrected chi connectivity index (χ3v) is 0.749. The van der Waals surface area contributed by atoms with Crippen molar-refractivity contribution in [1.29, 1.82) is 0 Å². The summed E-state index contributed by atoms with van der Waals surface area (Å²) in [5.74, 6) is 0. The summed E-state index contributed by atoms with van der Waals surface area (Å²) in [6.07, 6.45) is 3.94. The zero-order valence-corrected chi connectivity index (χ0v) is 3.94. The largest absolute Gasteiger partial charge is 0.289 e. The molecule has 1 radical (unpaired) electrons. The van der Waals surface area contributed by atoms with Crippen molar-refractivity contribution in [2.45, 2.75) is 0 Å². The van der Waals surface area contributed by atoms with Crippen molar-refractivity contribution in [2.75, 3.05) is 0 Å². The fraction of sp³-hybridized carbons (Fsp3) is 0. The molecule has 1 aliphatic heterocycles. The summed E-state index contributed by atoms with van der Waals surface area (Å²) in [6, 6.07) is 0. The Bertz CT molecular complexity index is 171. The van der Waals surface area contributed by atoms with Gasteiger partial charge in [-0.15, -0.1) is 0 Å². The Balaban J connectivity index is 2.72. The van der Waals surface area contributed by atoms with Crippen molar-refractivity contribution in [1.82, 2.24) is 5.32 Å². The molecule has 0 N–H and O–H groups in total. The van der Waals surface area contributed by atoms with E-state index in [1.54, 1.807) is 0 Å². The first-order valence-electron chi connectivity index (χ1n) is 2.02. The Labute approximate surface area is 45.7 Å². The highest BCUT2D eigenvalue weighted by molar-refractivity contribution is 5.16. The van der Waals surface area contributed by atoms with E-state index in [4.69, 9.17) is 0 Å².